The van der Waals surface area contributed by atoms with E-state index in [1.807, 2.05) is 23.4 Å². The van der Waals surface area contributed by atoms with Crippen molar-refractivity contribution in [1.29, 1.82) is 0 Å². The molecule has 2 aliphatic rings. The van der Waals surface area contributed by atoms with Gasteiger partial charge in [0.25, 0.3) is 0 Å². The first-order chi connectivity index (χ1) is 10.6. The van der Waals surface area contributed by atoms with E-state index in [2.05, 4.69) is 10.1 Å². The average molecular weight is 305 g/mol. The fraction of sp³-hybridized carbons (Fsp3) is 0.733. The van der Waals surface area contributed by atoms with Gasteiger partial charge in [-0.3, -0.25) is 9.59 Å². The standard InChI is InChI=1S/C15H23N5O2/c1-11(2)19-7-12(6-14(19)21)15(22)18-5-3-4-13(8-18)20-10-16-9-17-20/h9-13H,3-8H2,1-2H3/t12-,13-/m0/s1. The number of hydrogen-bond acceptors (Lipinski definition) is 4. The van der Waals surface area contributed by atoms with Crippen LogP contribution in [-0.4, -0.2) is 62.1 Å². The predicted octanol–water partition coefficient (Wildman–Crippen LogP) is 0.698. The number of carbonyl (C=O) groups excluding carboxylic acids is 2. The number of nitrogens with zero attached hydrogens (tertiary/aromatic N) is 5. The lowest BCUT2D eigenvalue weighted by molar-refractivity contribution is -0.137. The largest absolute Gasteiger partial charge is 0.340 e. The molecule has 120 valence electrons. The molecular weight excluding hydrogens is 282 g/mol. The second-order valence-electron chi connectivity index (χ2n) is 6.50. The molecule has 1 aromatic heterocycles. The molecule has 0 spiro atoms. The van der Waals surface area contributed by atoms with Crippen molar-refractivity contribution in [3.05, 3.63) is 12.7 Å². The Morgan fingerprint density at radius 2 is 2.18 bits per heavy atom. The molecule has 0 radical (unpaired) electrons. The molecule has 3 rings (SSSR count). The van der Waals surface area contributed by atoms with Crippen molar-refractivity contribution in [1.82, 2.24) is 24.6 Å². The molecule has 7 heteroatoms. The summed E-state index contributed by atoms with van der Waals surface area (Å²) in [5, 5.41) is 4.18. The first-order valence-corrected chi connectivity index (χ1v) is 7.98. The molecule has 0 aliphatic carbocycles. The Morgan fingerprint density at radius 3 is 2.82 bits per heavy atom. The summed E-state index contributed by atoms with van der Waals surface area (Å²) in [6.07, 6.45) is 5.55. The van der Waals surface area contributed by atoms with Gasteiger partial charge in [0.15, 0.2) is 0 Å². The van der Waals surface area contributed by atoms with Crippen molar-refractivity contribution in [3.63, 3.8) is 0 Å². The van der Waals surface area contributed by atoms with Crippen molar-refractivity contribution in [2.75, 3.05) is 19.6 Å². The smallest absolute Gasteiger partial charge is 0.228 e. The van der Waals surface area contributed by atoms with E-state index in [1.54, 1.807) is 11.2 Å². The zero-order valence-corrected chi connectivity index (χ0v) is 13.2. The van der Waals surface area contributed by atoms with Crippen LogP contribution in [0.2, 0.25) is 0 Å². The molecular formula is C15H23N5O2. The molecule has 2 aliphatic heterocycles. The van der Waals surface area contributed by atoms with Crippen LogP contribution in [0.1, 0.15) is 39.2 Å². The van der Waals surface area contributed by atoms with Crippen molar-refractivity contribution < 1.29 is 9.59 Å². The van der Waals surface area contributed by atoms with E-state index < -0.39 is 0 Å². The molecule has 0 bridgehead atoms. The van der Waals surface area contributed by atoms with E-state index in [-0.39, 0.29) is 29.8 Å². The lowest BCUT2D eigenvalue weighted by Gasteiger charge is -2.34. The Kier molecular flexibility index (Phi) is 4.13. The highest BCUT2D eigenvalue weighted by molar-refractivity contribution is 5.89. The van der Waals surface area contributed by atoms with Gasteiger partial charge in [0.2, 0.25) is 11.8 Å². The lowest BCUT2D eigenvalue weighted by Crippen LogP contribution is -2.44. The summed E-state index contributed by atoms with van der Waals surface area (Å²) in [4.78, 5) is 32.4. The second-order valence-corrected chi connectivity index (χ2v) is 6.50. The molecule has 2 atom stereocenters. The molecule has 2 fully saturated rings. The monoisotopic (exact) mass is 305 g/mol. The van der Waals surface area contributed by atoms with E-state index in [9.17, 15) is 9.59 Å². The second kappa shape index (κ2) is 6.06. The van der Waals surface area contributed by atoms with Crippen LogP contribution in [0.15, 0.2) is 12.7 Å². The van der Waals surface area contributed by atoms with Gasteiger partial charge >= 0.3 is 0 Å². The third kappa shape index (κ3) is 2.84. The molecule has 0 saturated carbocycles. The highest BCUT2D eigenvalue weighted by Crippen LogP contribution is 2.26. The van der Waals surface area contributed by atoms with Crippen LogP contribution in [0.5, 0.6) is 0 Å². The van der Waals surface area contributed by atoms with Crippen molar-refractivity contribution in [2.45, 2.75) is 45.2 Å². The van der Waals surface area contributed by atoms with Crippen LogP contribution in [0.25, 0.3) is 0 Å². The normalized spacial score (nSPS) is 26.0. The highest BCUT2D eigenvalue weighted by Gasteiger charge is 2.38. The van der Waals surface area contributed by atoms with Gasteiger partial charge in [-0.05, 0) is 26.7 Å². The summed E-state index contributed by atoms with van der Waals surface area (Å²) in [7, 11) is 0. The van der Waals surface area contributed by atoms with Gasteiger partial charge in [0, 0.05) is 32.1 Å². The number of rotatable bonds is 3. The van der Waals surface area contributed by atoms with Crippen molar-refractivity contribution in [3.8, 4) is 0 Å². The van der Waals surface area contributed by atoms with Crippen LogP contribution < -0.4 is 0 Å². The maximum atomic E-state index is 12.7. The fourth-order valence-corrected chi connectivity index (χ4v) is 3.43. The SMILES string of the molecule is CC(C)N1C[C@@H](C(=O)N2CCC[C@H](n3cncn3)C2)CC1=O. The molecule has 1 aromatic rings. The van der Waals surface area contributed by atoms with E-state index in [4.69, 9.17) is 0 Å². The Bertz CT molecular complexity index is 542. The average Bonchev–Trinajstić information content (AvgIpc) is 3.16. The van der Waals surface area contributed by atoms with Gasteiger partial charge in [-0.15, -0.1) is 0 Å². The number of piperidine rings is 1. The fourth-order valence-electron chi connectivity index (χ4n) is 3.43. The number of amides is 2. The van der Waals surface area contributed by atoms with E-state index in [0.717, 1.165) is 19.4 Å². The third-order valence-corrected chi connectivity index (χ3v) is 4.65. The molecule has 0 unspecified atom stereocenters. The van der Waals surface area contributed by atoms with E-state index in [1.165, 1.54) is 6.33 Å². The minimum Gasteiger partial charge on any atom is -0.340 e. The zero-order valence-electron chi connectivity index (χ0n) is 13.2. The molecule has 0 N–H and O–H groups in total. The van der Waals surface area contributed by atoms with Gasteiger partial charge in [-0.2, -0.15) is 5.10 Å². The van der Waals surface area contributed by atoms with Gasteiger partial charge in [0.1, 0.15) is 12.7 Å². The number of carbonyl (C=O) groups is 2. The first-order valence-electron chi connectivity index (χ1n) is 7.98. The Labute approximate surface area is 130 Å². The van der Waals surface area contributed by atoms with Gasteiger partial charge in [0.05, 0.1) is 12.0 Å². The minimum absolute atomic E-state index is 0.0955. The molecule has 0 aromatic carbocycles. The maximum absolute atomic E-state index is 12.7. The highest BCUT2D eigenvalue weighted by atomic mass is 16.2. The van der Waals surface area contributed by atoms with Gasteiger partial charge in [-0.25, -0.2) is 9.67 Å². The van der Waals surface area contributed by atoms with Crippen LogP contribution >= 0.6 is 0 Å². The Hall–Kier alpha value is -1.92. The predicted molar refractivity (Wildman–Crippen MR) is 79.8 cm³/mol. The van der Waals surface area contributed by atoms with Gasteiger partial charge in [-0.1, -0.05) is 0 Å². The Balaban J connectivity index is 1.64. The van der Waals surface area contributed by atoms with Crippen LogP contribution in [0, 0.1) is 5.92 Å². The quantitative estimate of drug-likeness (QED) is 0.824. The molecule has 3 heterocycles. The summed E-state index contributed by atoms with van der Waals surface area (Å²) in [6.45, 7) is 5.98. The van der Waals surface area contributed by atoms with Crippen molar-refractivity contribution in [2.24, 2.45) is 5.92 Å². The number of likely N-dealkylation sites (tertiary alicyclic amines) is 2. The number of aromatic nitrogens is 3. The lowest BCUT2D eigenvalue weighted by atomic mass is 10.0. The topological polar surface area (TPSA) is 71.3 Å². The summed E-state index contributed by atoms with van der Waals surface area (Å²) >= 11 is 0. The molecule has 22 heavy (non-hydrogen) atoms. The van der Waals surface area contributed by atoms with E-state index >= 15 is 0 Å². The molecule has 7 nitrogen and oxygen atoms in total. The van der Waals surface area contributed by atoms with Crippen LogP contribution in [-0.2, 0) is 9.59 Å². The summed E-state index contributed by atoms with van der Waals surface area (Å²) < 4.78 is 1.83. The molecule has 2 saturated heterocycles. The minimum atomic E-state index is -0.190. The van der Waals surface area contributed by atoms with Crippen LogP contribution in [0.3, 0.4) is 0 Å². The maximum Gasteiger partial charge on any atom is 0.228 e. The van der Waals surface area contributed by atoms with Crippen LogP contribution in [0.4, 0.5) is 0 Å². The zero-order chi connectivity index (χ0) is 15.7. The first kappa shape index (κ1) is 15.0. The number of hydrogen-bond donors (Lipinski definition) is 0. The Morgan fingerprint density at radius 1 is 1.36 bits per heavy atom. The third-order valence-electron chi connectivity index (χ3n) is 4.65. The molecule has 2 amide bonds. The summed E-state index contributed by atoms with van der Waals surface area (Å²) in [6, 6.07) is 0.355. The summed E-state index contributed by atoms with van der Waals surface area (Å²) in [5.41, 5.74) is 0. The van der Waals surface area contributed by atoms with Crippen molar-refractivity contribution >= 4 is 11.8 Å². The van der Waals surface area contributed by atoms with E-state index in [0.29, 0.717) is 19.5 Å². The van der Waals surface area contributed by atoms with Gasteiger partial charge < -0.3 is 9.80 Å². The summed E-state index contributed by atoms with van der Waals surface area (Å²) in [5.74, 6) is 0.0175.